The highest BCUT2D eigenvalue weighted by atomic mass is 32.1. The van der Waals surface area contributed by atoms with Gasteiger partial charge in [-0.3, -0.25) is 0 Å². The molecule has 1 heterocycles. The zero-order chi connectivity index (χ0) is 13.1. The van der Waals surface area contributed by atoms with Crippen LogP contribution in [0, 0.1) is 23.0 Å². The van der Waals surface area contributed by atoms with Crippen molar-refractivity contribution < 1.29 is 8.78 Å². The van der Waals surface area contributed by atoms with Crippen molar-refractivity contribution in [2.75, 3.05) is 11.1 Å². The lowest BCUT2D eigenvalue weighted by Crippen LogP contribution is -2.00. The Balaban J connectivity index is 2.12. The van der Waals surface area contributed by atoms with Gasteiger partial charge in [0, 0.05) is 6.54 Å². The van der Waals surface area contributed by atoms with Crippen molar-refractivity contribution in [3.63, 3.8) is 0 Å². The zero-order valence-electron chi connectivity index (χ0n) is 9.08. The molecule has 0 bridgehead atoms. The summed E-state index contributed by atoms with van der Waals surface area (Å²) in [5.74, 6) is -1.63. The van der Waals surface area contributed by atoms with E-state index in [1.807, 2.05) is 6.07 Å². The molecule has 0 saturated heterocycles. The minimum atomic E-state index is -0.904. The van der Waals surface area contributed by atoms with Crippen LogP contribution in [-0.2, 0) is 6.54 Å². The van der Waals surface area contributed by atoms with Crippen molar-refractivity contribution in [3.05, 3.63) is 41.0 Å². The van der Waals surface area contributed by atoms with E-state index in [1.54, 1.807) is 0 Å². The van der Waals surface area contributed by atoms with Crippen LogP contribution < -0.4 is 11.1 Å². The topological polar surface area (TPSA) is 74.7 Å². The maximum absolute atomic E-state index is 13.0. The molecule has 0 amide bonds. The predicted octanol–water partition coefficient (Wildman–Crippen LogP) is 2.49. The number of nitrogens with zero attached hydrogens (tertiary/aromatic N) is 2. The molecule has 18 heavy (non-hydrogen) atoms. The summed E-state index contributed by atoms with van der Waals surface area (Å²) in [5, 5.41) is 12.3. The number of hydrogen-bond acceptors (Lipinski definition) is 5. The van der Waals surface area contributed by atoms with Crippen molar-refractivity contribution in [3.8, 4) is 6.07 Å². The quantitative estimate of drug-likeness (QED) is 0.895. The van der Waals surface area contributed by atoms with Crippen LogP contribution in [-0.4, -0.2) is 4.37 Å². The number of nitrogens with one attached hydrogen (secondary N) is 1. The number of rotatable bonds is 3. The first-order valence-corrected chi connectivity index (χ1v) is 5.72. The fourth-order valence-electron chi connectivity index (χ4n) is 1.36. The Morgan fingerprint density at radius 3 is 2.83 bits per heavy atom. The second-order valence-electron chi connectivity index (χ2n) is 3.49. The molecule has 4 nitrogen and oxygen atoms in total. The van der Waals surface area contributed by atoms with E-state index in [-0.39, 0.29) is 17.9 Å². The summed E-state index contributed by atoms with van der Waals surface area (Å²) in [6.45, 7) is 0.257. The predicted molar refractivity (Wildman–Crippen MR) is 64.9 cm³/mol. The first kappa shape index (κ1) is 12.3. The third-order valence-electron chi connectivity index (χ3n) is 2.27. The van der Waals surface area contributed by atoms with Gasteiger partial charge in [0.2, 0.25) is 0 Å². The third kappa shape index (κ3) is 2.38. The molecule has 0 aliphatic rings. The average molecular weight is 266 g/mol. The Labute approximate surface area is 106 Å². The molecule has 0 radical (unpaired) electrons. The summed E-state index contributed by atoms with van der Waals surface area (Å²) in [6, 6.07) is 5.54. The lowest BCUT2D eigenvalue weighted by Gasteiger charge is -2.04. The second kappa shape index (κ2) is 4.98. The van der Waals surface area contributed by atoms with Crippen molar-refractivity contribution in [1.82, 2.24) is 4.37 Å². The molecule has 7 heteroatoms. The Kier molecular flexibility index (Phi) is 3.39. The molecule has 3 N–H and O–H groups in total. The number of nitrogens with two attached hydrogens (primary N) is 1. The number of anilines is 2. The summed E-state index contributed by atoms with van der Waals surface area (Å²) >= 11 is 1.05. The smallest absolute Gasteiger partial charge is 0.159 e. The Morgan fingerprint density at radius 1 is 1.39 bits per heavy atom. The molecule has 92 valence electrons. The van der Waals surface area contributed by atoms with Gasteiger partial charge in [0.15, 0.2) is 17.5 Å². The summed E-state index contributed by atoms with van der Waals surface area (Å²) in [6.07, 6.45) is 0. The van der Waals surface area contributed by atoms with Crippen LogP contribution in [0.15, 0.2) is 18.2 Å². The highest BCUT2D eigenvalue weighted by Crippen LogP contribution is 2.26. The Morgan fingerprint density at radius 2 is 2.17 bits per heavy atom. The van der Waals surface area contributed by atoms with Gasteiger partial charge in [-0.15, -0.1) is 0 Å². The molecule has 0 fully saturated rings. The van der Waals surface area contributed by atoms with Crippen LogP contribution in [0.5, 0.6) is 0 Å². The molecule has 0 unspecified atom stereocenters. The normalized spacial score (nSPS) is 10.1. The lowest BCUT2D eigenvalue weighted by atomic mass is 10.2. The summed E-state index contributed by atoms with van der Waals surface area (Å²) in [4.78, 5) is 0. The van der Waals surface area contributed by atoms with Crippen LogP contribution in [0.3, 0.4) is 0 Å². The van der Waals surface area contributed by atoms with Crippen molar-refractivity contribution in [2.24, 2.45) is 0 Å². The Hall–Kier alpha value is -2.20. The molecule has 1 aromatic heterocycles. The van der Waals surface area contributed by atoms with E-state index in [9.17, 15) is 8.78 Å². The molecule has 2 rings (SSSR count). The van der Waals surface area contributed by atoms with Gasteiger partial charge in [0.1, 0.15) is 16.6 Å². The van der Waals surface area contributed by atoms with E-state index in [0.717, 1.165) is 23.7 Å². The van der Waals surface area contributed by atoms with Gasteiger partial charge >= 0.3 is 0 Å². The number of nitriles is 1. The van der Waals surface area contributed by atoms with E-state index in [0.29, 0.717) is 10.6 Å². The molecule has 0 atom stereocenters. The summed E-state index contributed by atoms with van der Waals surface area (Å²) < 4.78 is 29.5. The highest BCUT2D eigenvalue weighted by molar-refractivity contribution is 7.10. The number of nitrogen functional groups attached to an aromatic ring is 1. The van der Waals surface area contributed by atoms with Crippen LogP contribution >= 0.6 is 11.5 Å². The van der Waals surface area contributed by atoms with Crippen LogP contribution in [0.1, 0.15) is 11.1 Å². The standard InChI is InChI=1S/C11H8F2N4S/c12-8-2-1-6(3-9(8)13)5-16-11-7(4-14)10(15)17-18-11/h1-3,16H,5H2,(H2,15,17). The van der Waals surface area contributed by atoms with E-state index in [2.05, 4.69) is 9.69 Å². The van der Waals surface area contributed by atoms with E-state index >= 15 is 0 Å². The molecule has 0 saturated carbocycles. The van der Waals surface area contributed by atoms with Crippen molar-refractivity contribution in [2.45, 2.75) is 6.54 Å². The second-order valence-corrected chi connectivity index (χ2v) is 4.26. The van der Waals surface area contributed by atoms with Gasteiger partial charge < -0.3 is 11.1 Å². The number of aromatic nitrogens is 1. The van der Waals surface area contributed by atoms with Gasteiger partial charge in [0.25, 0.3) is 0 Å². The number of halogens is 2. The zero-order valence-corrected chi connectivity index (χ0v) is 9.89. The maximum Gasteiger partial charge on any atom is 0.159 e. The largest absolute Gasteiger partial charge is 0.382 e. The van der Waals surface area contributed by atoms with Crippen molar-refractivity contribution >= 4 is 22.4 Å². The van der Waals surface area contributed by atoms with Gasteiger partial charge in [-0.05, 0) is 29.2 Å². The van der Waals surface area contributed by atoms with Crippen LogP contribution in [0.4, 0.5) is 19.6 Å². The first-order chi connectivity index (χ1) is 8.61. The number of benzene rings is 1. The third-order valence-corrected chi connectivity index (χ3v) is 3.09. The highest BCUT2D eigenvalue weighted by Gasteiger charge is 2.10. The fraction of sp³-hybridized carbons (Fsp3) is 0.0909. The number of hydrogen-bond donors (Lipinski definition) is 2. The van der Waals surface area contributed by atoms with E-state index in [4.69, 9.17) is 11.0 Å². The maximum atomic E-state index is 13.0. The van der Waals surface area contributed by atoms with Crippen LogP contribution in [0.25, 0.3) is 0 Å². The molecule has 1 aromatic carbocycles. The fourth-order valence-corrected chi connectivity index (χ4v) is 2.02. The molecular formula is C11H8F2N4S. The molecule has 2 aromatic rings. The minimum absolute atomic E-state index is 0.162. The van der Waals surface area contributed by atoms with Crippen LogP contribution in [0.2, 0.25) is 0 Å². The van der Waals surface area contributed by atoms with Gasteiger partial charge in [-0.2, -0.15) is 9.64 Å². The monoisotopic (exact) mass is 266 g/mol. The molecule has 0 aliphatic heterocycles. The van der Waals surface area contributed by atoms with Gasteiger partial charge in [-0.1, -0.05) is 6.07 Å². The minimum Gasteiger partial charge on any atom is -0.382 e. The molecular weight excluding hydrogens is 258 g/mol. The first-order valence-electron chi connectivity index (χ1n) is 4.95. The lowest BCUT2D eigenvalue weighted by molar-refractivity contribution is 0.507. The van der Waals surface area contributed by atoms with Gasteiger partial charge in [-0.25, -0.2) is 8.78 Å². The van der Waals surface area contributed by atoms with E-state index < -0.39 is 11.6 Å². The average Bonchev–Trinajstić information content (AvgIpc) is 2.71. The molecule has 0 spiro atoms. The van der Waals surface area contributed by atoms with Gasteiger partial charge in [0.05, 0.1) is 0 Å². The summed E-state index contributed by atoms with van der Waals surface area (Å²) in [7, 11) is 0. The van der Waals surface area contributed by atoms with E-state index in [1.165, 1.54) is 6.07 Å². The van der Waals surface area contributed by atoms with Crippen molar-refractivity contribution in [1.29, 1.82) is 5.26 Å². The molecule has 0 aliphatic carbocycles. The SMILES string of the molecule is N#Cc1c(N)nsc1NCc1ccc(F)c(F)c1. The summed E-state index contributed by atoms with van der Waals surface area (Å²) in [5.41, 5.74) is 6.32. The Bertz CT molecular complexity index is 618.